The molecule has 2 atom stereocenters. The first kappa shape index (κ1) is 13.4. The Morgan fingerprint density at radius 1 is 1.35 bits per heavy atom. The van der Waals surface area contributed by atoms with E-state index in [1.54, 1.807) is 4.90 Å². The van der Waals surface area contributed by atoms with Gasteiger partial charge in [0.15, 0.2) is 9.84 Å². The quantitative estimate of drug-likeness (QED) is 0.850. The second kappa shape index (κ2) is 4.77. The Morgan fingerprint density at radius 2 is 2.10 bits per heavy atom. The fraction of sp³-hybridized carbons (Fsp3) is 0.500. The fourth-order valence-corrected chi connectivity index (χ4v) is 4.70. The van der Waals surface area contributed by atoms with E-state index in [0.29, 0.717) is 6.42 Å². The van der Waals surface area contributed by atoms with E-state index in [0.717, 1.165) is 17.7 Å². The molecule has 2 aliphatic rings. The summed E-state index contributed by atoms with van der Waals surface area (Å²) in [6.07, 6.45) is 1.35. The number of sulfone groups is 1. The van der Waals surface area contributed by atoms with Gasteiger partial charge in [0.05, 0.1) is 11.5 Å². The number of hydrogen-bond donors (Lipinski definition) is 1. The van der Waals surface area contributed by atoms with E-state index in [9.17, 15) is 13.2 Å². The summed E-state index contributed by atoms with van der Waals surface area (Å²) < 4.78 is 22.9. The average molecular weight is 294 g/mol. The second-order valence-corrected chi connectivity index (χ2v) is 7.83. The molecule has 20 heavy (non-hydrogen) atoms. The van der Waals surface area contributed by atoms with E-state index >= 15 is 0 Å². The summed E-state index contributed by atoms with van der Waals surface area (Å²) in [6.45, 7) is 2.00. The van der Waals surface area contributed by atoms with Crippen LogP contribution in [0.4, 0.5) is 10.5 Å². The van der Waals surface area contributed by atoms with Crippen molar-refractivity contribution in [2.24, 2.45) is 0 Å². The van der Waals surface area contributed by atoms with Crippen molar-refractivity contribution < 1.29 is 13.2 Å². The summed E-state index contributed by atoms with van der Waals surface area (Å²) in [5, 5.41) is 2.86. The number of carbonyl (C=O) groups excluding carboxylic acids is 1. The van der Waals surface area contributed by atoms with Crippen LogP contribution in [0.15, 0.2) is 24.3 Å². The number of amides is 2. The van der Waals surface area contributed by atoms with Crippen LogP contribution < -0.4 is 10.2 Å². The normalized spacial score (nSPS) is 27.4. The summed E-state index contributed by atoms with van der Waals surface area (Å²) in [4.78, 5) is 14.1. The number of nitrogens with zero attached hydrogens (tertiary/aromatic N) is 1. The molecule has 2 aliphatic heterocycles. The molecule has 0 spiro atoms. The third-order valence-corrected chi connectivity index (χ3v) is 5.75. The highest BCUT2D eigenvalue weighted by molar-refractivity contribution is 7.91. The van der Waals surface area contributed by atoms with Crippen molar-refractivity contribution in [3.8, 4) is 0 Å². The molecular weight excluding hydrogens is 276 g/mol. The standard InChI is InChI=1S/C14H18N2O3S/c1-10-8-11-4-2-3-5-13(11)16(10)14(17)15-12-6-7-20(18,19)9-12/h2-5,10,12H,6-9H2,1H3,(H,15,17)/t10-,12-/m1/s1. The van der Waals surface area contributed by atoms with Crippen molar-refractivity contribution in [3.63, 3.8) is 0 Å². The minimum atomic E-state index is -2.97. The summed E-state index contributed by atoms with van der Waals surface area (Å²) in [6, 6.07) is 7.50. The molecule has 0 aliphatic carbocycles. The van der Waals surface area contributed by atoms with E-state index in [1.807, 2.05) is 31.2 Å². The summed E-state index contributed by atoms with van der Waals surface area (Å²) in [7, 11) is -2.97. The molecule has 2 heterocycles. The second-order valence-electron chi connectivity index (χ2n) is 5.60. The lowest BCUT2D eigenvalue weighted by Crippen LogP contribution is -2.47. The van der Waals surface area contributed by atoms with Crippen LogP contribution in [-0.2, 0) is 16.3 Å². The molecule has 6 heteroatoms. The highest BCUT2D eigenvalue weighted by atomic mass is 32.2. The monoisotopic (exact) mass is 294 g/mol. The van der Waals surface area contributed by atoms with E-state index in [1.165, 1.54) is 0 Å². The van der Waals surface area contributed by atoms with Gasteiger partial charge in [-0.1, -0.05) is 18.2 Å². The molecule has 1 aromatic carbocycles. The topological polar surface area (TPSA) is 66.5 Å². The number of nitrogens with one attached hydrogen (secondary N) is 1. The number of fused-ring (bicyclic) bond motifs is 1. The van der Waals surface area contributed by atoms with Crippen molar-refractivity contribution >= 4 is 21.6 Å². The molecule has 108 valence electrons. The van der Waals surface area contributed by atoms with Crippen molar-refractivity contribution in [2.45, 2.75) is 31.8 Å². The van der Waals surface area contributed by atoms with Crippen LogP contribution in [0.1, 0.15) is 18.9 Å². The lowest BCUT2D eigenvalue weighted by molar-refractivity contribution is 0.242. The molecule has 1 fully saturated rings. The molecule has 2 amide bonds. The lowest BCUT2D eigenvalue weighted by Gasteiger charge is -2.24. The van der Waals surface area contributed by atoms with Gasteiger partial charge in [-0.2, -0.15) is 0 Å². The van der Waals surface area contributed by atoms with E-state index < -0.39 is 9.84 Å². The maximum absolute atomic E-state index is 12.4. The number of urea groups is 1. The third kappa shape index (κ3) is 2.40. The molecule has 5 nitrogen and oxygen atoms in total. The number of para-hydroxylation sites is 1. The fourth-order valence-electron chi connectivity index (χ4n) is 3.03. The Labute approximate surface area is 118 Å². The SMILES string of the molecule is C[C@@H]1Cc2ccccc2N1C(=O)N[C@@H]1CCS(=O)(=O)C1. The van der Waals surface area contributed by atoms with Gasteiger partial charge in [-0.25, -0.2) is 13.2 Å². The smallest absolute Gasteiger partial charge is 0.322 e. The summed E-state index contributed by atoms with van der Waals surface area (Å²) >= 11 is 0. The van der Waals surface area contributed by atoms with Crippen LogP contribution >= 0.6 is 0 Å². The maximum atomic E-state index is 12.4. The van der Waals surface area contributed by atoms with Crippen LogP contribution in [0.5, 0.6) is 0 Å². The van der Waals surface area contributed by atoms with E-state index in [2.05, 4.69) is 5.32 Å². The van der Waals surface area contributed by atoms with Gasteiger partial charge in [0.2, 0.25) is 0 Å². The summed E-state index contributed by atoms with van der Waals surface area (Å²) in [5.74, 6) is 0.229. The number of carbonyl (C=O) groups is 1. The Bertz CT molecular complexity index is 642. The molecule has 0 radical (unpaired) electrons. The first-order valence-electron chi connectivity index (χ1n) is 6.84. The van der Waals surface area contributed by atoms with Gasteiger partial charge in [0, 0.05) is 17.8 Å². The molecular formula is C14H18N2O3S. The Morgan fingerprint density at radius 3 is 2.80 bits per heavy atom. The van der Waals surface area contributed by atoms with Crippen molar-refractivity contribution in [2.75, 3.05) is 16.4 Å². The van der Waals surface area contributed by atoms with Crippen molar-refractivity contribution in [3.05, 3.63) is 29.8 Å². The number of rotatable bonds is 1. The summed E-state index contributed by atoms with van der Waals surface area (Å²) in [5.41, 5.74) is 2.09. The zero-order chi connectivity index (χ0) is 14.3. The van der Waals surface area contributed by atoms with Gasteiger partial charge in [-0.15, -0.1) is 0 Å². The average Bonchev–Trinajstić information content (AvgIpc) is 2.88. The number of anilines is 1. The van der Waals surface area contributed by atoms with Crippen LogP contribution in [0.2, 0.25) is 0 Å². The molecule has 0 saturated carbocycles. The van der Waals surface area contributed by atoms with Crippen molar-refractivity contribution in [1.82, 2.24) is 5.32 Å². The third-order valence-electron chi connectivity index (χ3n) is 3.99. The van der Waals surface area contributed by atoms with E-state index in [4.69, 9.17) is 0 Å². The van der Waals surface area contributed by atoms with Crippen LogP contribution in [0, 0.1) is 0 Å². The molecule has 1 N–H and O–H groups in total. The van der Waals surface area contributed by atoms with E-state index in [-0.39, 0.29) is 29.6 Å². The lowest BCUT2D eigenvalue weighted by atomic mass is 10.1. The van der Waals surface area contributed by atoms with Crippen molar-refractivity contribution in [1.29, 1.82) is 0 Å². The van der Waals surface area contributed by atoms with Crippen LogP contribution in [0.25, 0.3) is 0 Å². The van der Waals surface area contributed by atoms with Crippen LogP contribution in [-0.4, -0.2) is 38.0 Å². The first-order chi connectivity index (χ1) is 9.46. The molecule has 1 saturated heterocycles. The molecule has 3 rings (SSSR count). The maximum Gasteiger partial charge on any atom is 0.322 e. The zero-order valence-corrected chi connectivity index (χ0v) is 12.2. The number of hydrogen-bond acceptors (Lipinski definition) is 3. The minimum absolute atomic E-state index is 0.0581. The minimum Gasteiger partial charge on any atom is -0.334 e. The van der Waals surface area contributed by atoms with Gasteiger partial charge in [-0.3, -0.25) is 4.90 Å². The zero-order valence-electron chi connectivity index (χ0n) is 11.4. The highest BCUT2D eigenvalue weighted by Crippen LogP contribution is 2.31. The Hall–Kier alpha value is -1.56. The van der Waals surface area contributed by atoms with Crippen LogP contribution in [0.3, 0.4) is 0 Å². The molecule has 0 aromatic heterocycles. The highest BCUT2D eigenvalue weighted by Gasteiger charge is 2.34. The van der Waals surface area contributed by atoms with Gasteiger partial charge < -0.3 is 5.32 Å². The Balaban J connectivity index is 1.75. The van der Waals surface area contributed by atoms with Gasteiger partial charge in [-0.05, 0) is 31.4 Å². The molecule has 0 bridgehead atoms. The Kier molecular flexibility index (Phi) is 3.20. The largest absolute Gasteiger partial charge is 0.334 e. The predicted octanol–water partition coefficient (Wildman–Crippen LogP) is 1.33. The first-order valence-corrected chi connectivity index (χ1v) is 8.66. The number of benzene rings is 1. The predicted molar refractivity (Wildman–Crippen MR) is 77.7 cm³/mol. The van der Waals surface area contributed by atoms with Gasteiger partial charge in [0.1, 0.15) is 0 Å². The molecule has 0 unspecified atom stereocenters. The molecule has 1 aromatic rings. The van der Waals surface area contributed by atoms with Gasteiger partial charge in [0.25, 0.3) is 0 Å². The van der Waals surface area contributed by atoms with Gasteiger partial charge >= 0.3 is 6.03 Å².